The molecule has 1 N–H and O–H groups in total. The molecule has 1 aromatic carbocycles. The van der Waals surface area contributed by atoms with Gasteiger partial charge in [0.15, 0.2) is 0 Å². The Balaban J connectivity index is 2.80. The highest BCUT2D eigenvalue weighted by molar-refractivity contribution is 6.36. The number of benzene rings is 1. The van der Waals surface area contributed by atoms with Crippen molar-refractivity contribution < 1.29 is 9.84 Å². The lowest BCUT2D eigenvalue weighted by atomic mass is 10.2. The van der Waals surface area contributed by atoms with E-state index in [-0.39, 0.29) is 13.2 Å². The molecule has 5 heteroatoms. The molecule has 2 nitrogen and oxygen atoms in total. The number of ether oxygens (including phenoxy) is 1. The van der Waals surface area contributed by atoms with Gasteiger partial charge in [-0.05, 0) is 12.1 Å². The number of hydrogen-bond acceptors (Lipinski definition) is 2. The molecule has 82 valence electrons. The molecule has 0 aliphatic rings. The van der Waals surface area contributed by atoms with Gasteiger partial charge in [0.2, 0.25) is 0 Å². The molecular formula is C10H9Cl3O2. The fourth-order valence-corrected chi connectivity index (χ4v) is 1.35. The Morgan fingerprint density at radius 2 is 2.20 bits per heavy atom. The van der Waals surface area contributed by atoms with Crippen molar-refractivity contribution in [2.45, 2.75) is 6.61 Å². The molecule has 0 atom stereocenters. The smallest absolute Gasteiger partial charge is 0.126 e. The minimum atomic E-state index is -0.183. The Kier molecular flexibility index (Phi) is 5.26. The monoisotopic (exact) mass is 266 g/mol. The summed E-state index contributed by atoms with van der Waals surface area (Å²) in [6.07, 6.45) is 0. The van der Waals surface area contributed by atoms with Crippen LogP contribution in [0.25, 0.3) is 0 Å². The number of aliphatic hydroxyl groups excluding tert-OH is 1. The Labute approximate surface area is 103 Å². The van der Waals surface area contributed by atoms with Crippen LogP contribution in [-0.4, -0.2) is 11.7 Å². The zero-order chi connectivity index (χ0) is 11.3. The summed E-state index contributed by atoms with van der Waals surface area (Å²) in [5, 5.41) is 9.92. The first kappa shape index (κ1) is 12.7. The van der Waals surface area contributed by atoms with E-state index >= 15 is 0 Å². The predicted octanol–water partition coefficient (Wildman–Crippen LogP) is 3.53. The van der Waals surface area contributed by atoms with E-state index in [0.717, 1.165) is 0 Å². The standard InChI is InChI=1S/C10H9Cl3O2/c11-4-7(12)6-15-10-3-1-2-9(13)8(10)5-14/h1-4,14H,5-6H2/b7-4-. The number of halogens is 3. The summed E-state index contributed by atoms with van der Waals surface area (Å²) in [6, 6.07) is 5.12. The zero-order valence-electron chi connectivity index (χ0n) is 7.71. The molecule has 1 rings (SSSR count). The molecule has 0 amide bonds. The van der Waals surface area contributed by atoms with Crippen molar-refractivity contribution in [2.24, 2.45) is 0 Å². The molecule has 0 bridgehead atoms. The van der Waals surface area contributed by atoms with Crippen LogP contribution in [0.15, 0.2) is 28.8 Å². The van der Waals surface area contributed by atoms with Gasteiger partial charge in [-0.1, -0.05) is 40.9 Å². The third-order valence-electron chi connectivity index (χ3n) is 1.72. The lowest BCUT2D eigenvalue weighted by Crippen LogP contribution is -2.00. The molecule has 0 spiro atoms. The first-order chi connectivity index (χ1) is 7.19. The van der Waals surface area contributed by atoms with E-state index in [1.807, 2.05) is 0 Å². The molecule has 0 fully saturated rings. The van der Waals surface area contributed by atoms with Gasteiger partial charge < -0.3 is 9.84 Å². The van der Waals surface area contributed by atoms with Gasteiger partial charge in [-0.25, -0.2) is 0 Å². The maximum atomic E-state index is 9.08. The molecule has 0 aliphatic carbocycles. The normalized spacial score (nSPS) is 11.6. The second kappa shape index (κ2) is 6.23. The van der Waals surface area contributed by atoms with Crippen LogP contribution in [0.2, 0.25) is 5.02 Å². The minimum absolute atomic E-state index is 0.151. The number of rotatable bonds is 4. The van der Waals surface area contributed by atoms with Crippen LogP contribution in [0.4, 0.5) is 0 Å². The van der Waals surface area contributed by atoms with Crippen LogP contribution >= 0.6 is 34.8 Å². The Bertz CT molecular complexity index is 364. The second-order valence-corrected chi connectivity index (χ2v) is 3.83. The van der Waals surface area contributed by atoms with Crippen molar-refractivity contribution in [2.75, 3.05) is 6.61 Å². The number of aliphatic hydroxyl groups is 1. The fraction of sp³-hybridized carbons (Fsp3) is 0.200. The van der Waals surface area contributed by atoms with Crippen molar-refractivity contribution in [1.82, 2.24) is 0 Å². The van der Waals surface area contributed by atoms with E-state index < -0.39 is 0 Å². The minimum Gasteiger partial charge on any atom is -0.488 e. The van der Waals surface area contributed by atoms with Gasteiger partial charge in [0.1, 0.15) is 12.4 Å². The van der Waals surface area contributed by atoms with Gasteiger partial charge in [0.05, 0.1) is 11.6 Å². The van der Waals surface area contributed by atoms with E-state index in [1.165, 1.54) is 5.54 Å². The molecular weight excluding hydrogens is 258 g/mol. The Morgan fingerprint density at radius 3 is 2.80 bits per heavy atom. The molecule has 0 aliphatic heterocycles. The molecule has 0 saturated carbocycles. The van der Waals surface area contributed by atoms with Gasteiger partial charge in [0.25, 0.3) is 0 Å². The summed E-state index contributed by atoms with van der Waals surface area (Å²) in [5.41, 5.74) is 1.77. The zero-order valence-corrected chi connectivity index (χ0v) is 9.98. The van der Waals surface area contributed by atoms with E-state index in [9.17, 15) is 0 Å². The lowest BCUT2D eigenvalue weighted by Gasteiger charge is -2.10. The first-order valence-corrected chi connectivity index (χ1v) is 5.34. The summed E-state index contributed by atoms with van der Waals surface area (Å²) < 4.78 is 5.33. The molecule has 0 saturated heterocycles. The molecule has 0 radical (unpaired) electrons. The first-order valence-electron chi connectivity index (χ1n) is 4.15. The topological polar surface area (TPSA) is 29.5 Å². The van der Waals surface area contributed by atoms with Crippen LogP contribution in [0.3, 0.4) is 0 Å². The molecule has 15 heavy (non-hydrogen) atoms. The van der Waals surface area contributed by atoms with Crippen molar-refractivity contribution >= 4 is 34.8 Å². The molecule has 1 aromatic rings. The van der Waals surface area contributed by atoms with Crippen molar-refractivity contribution in [3.63, 3.8) is 0 Å². The lowest BCUT2D eigenvalue weighted by molar-refractivity contribution is 0.269. The SMILES string of the molecule is OCc1c(Cl)cccc1OC/C(Cl)=C/Cl. The fourth-order valence-electron chi connectivity index (χ4n) is 1.01. The van der Waals surface area contributed by atoms with Crippen LogP contribution < -0.4 is 4.74 Å². The highest BCUT2D eigenvalue weighted by Gasteiger charge is 2.07. The second-order valence-electron chi connectivity index (χ2n) is 2.72. The Morgan fingerprint density at radius 1 is 1.47 bits per heavy atom. The predicted molar refractivity (Wildman–Crippen MR) is 62.7 cm³/mol. The largest absolute Gasteiger partial charge is 0.488 e. The quantitative estimate of drug-likeness (QED) is 0.904. The van der Waals surface area contributed by atoms with E-state index in [0.29, 0.717) is 21.4 Å². The summed E-state index contributed by atoms with van der Waals surface area (Å²) in [5.74, 6) is 0.502. The molecule has 0 heterocycles. The number of hydrogen-bond donors (Lipinski definition) is 1. The molecule has 0 unspecified atom stereocenters. The van der Waals surface area contributed by atoms with E-state index in [2.05, 4.69) is 0 Å². The summed E-state index contributed by atoms with van der Waals surface area (Å²) >= 11 is 16.9. The summed E-state index contributed by atoms with van der Waals surface area (Å²) in [4.78, 5) is 0. The van der Waals surface area contributed by atoms with E-state index in [4.69, 9.17) is 44.6 Å². The third kappa shape index (κ3) is 3.58. The van der Waals surface area contributed by atoms with Crippen molar-refractivity contribution in [3.05, 3.63) is 39.4 Å². The average molecular weight is 268 g/mol. The van der Waals surface area contributed by atoms with Gasteiger partial charge in [-0.15, -0.1) is 0 Å². The van der Waals surface area contributed by atoms with Crippen LogP contribution in [0.5, 0.6) is 5.75 Å². The van der Waals surface area contributed by atoms with Gasteiger partial charge in [-0.3, -0.25) is 0 Å². The van der Waals surface area contributed by atoms with E-state index in [1.54, 1.807) is 18.2 Å². The average Bonchev–Trinajstić information content (AvgIpc) is 2.25. The van der Waals surface area contributed by atoms with Gasteiger partial charge in [-0.2, -0.15) is 0 Å². The van der Waals surface area contributed by atoms with Crippen molar-refractivity contribution in [1.29, 1.82) is 0 Å². The maximum Gasteiger partial charge on any atom is 0.126 e. The van der Waals surface area contributed by atoms with Crippen LogP contribution in [0.1, 0.15) is 5.56 Å². The molecule has 0 aromatic heterocycles. The van der Waals surface area contributed by atoms with Gasteiger partial charge >= 0.3 is 0 Å². The van der Waals surface area contributed by atoms with Crippen LogP contribution in [-0.2, 0) is 6.61 Å². The Hall–Kier alpha value is -0.410. The maximum absolute atomic E-state index is 9.08. The third-order valence-corrected chi connectivity index (χ3v) is 2.67. The highest BCUT2D eigenvalue weighted by atomic mass is 35.5. The summed E-state index contributed by atoms with van der Waals surface area (Å²) in [6.45, 7) is -0.0321. The van der Waals surface area contributed by atoms with Crippen LogP contribution in [0, 0.1) is 0 Å². The van der Waals surface area contributed by atoms with Gasteiger partial charge in [0, 0.05) is 16.1 Å². The highest BCUT2D eigenvalue weighted by Crippen LogP contribution is 2.26. The summed E-state index contributed by atoms with van der Waals surface area (Å²) in [7, 11) is 0. The van der Waals surface area contributed by atoms with Crippen molar-refractivity contribution in [3.8, 4) is 5.75 Å².